The highest BCUT2D eigenvalue weighted by Crippen LogP contribution is 2.27. The fraction of sp³-hybridized carbons (Fsp3) is 0.235. The quantitative estimate of drug-likeness (QED) is 0.243. The summed E-state index contributed by atoms with van der Waals surface area (Å²) in [6.07, 6.45) is 0.187. The standard InChI is InChI=1S/C34H36FN3O4S/c1-34(2,3)36-33(40)31(23-26-15-7-4-8-16-26)37(24-27-17-9-5-10-18-27)32(39)25-38(30-22-14-13-21-29(30)35)43(41,42)28-19-11-6-12-20-28/h4-22,31H,23-25H2,1-3H3,(H,36,40)/t31-/m1/s1. The molecule has 1 atom stereocenters. The third kappa shape index (κ3) is 8.29. The number of amides is 2. The summed E-state index contributed by atoms with van der Waals surface area (Å²) in [6.45, 7) is 4.85. The number of rotatable bonds is 11. The van der Waals surface area contributed by atoms with E-state index in [-0.39, 0.29) is 29.5 Å². The van der Waals surface area contributed by atoms with Crippen LogP contribution in [0.5, 0.6) is 0 Å². The number of hydrogen-bond acceptors (Lipinski definition) is 4. The van der Waals surface area contributed by atoms with Crippen LogP contribution in [0.1, 0.15) is 31.9 Å². The number of hydrogen-bond donors (Lipinski definition) is 1. The van der Waals surface area contributed by atoms with E-state index in [1.807, 2.05) is 81.4 Å². The van der Waals surface area contributed by atoms with Crippen LogP contribution >= 0.6 is 0 Å². The van der Waals surface area contributed by atoms with E-state index in [0.717, 1.165) is 21.5 Å². The lowest BCUT2D eigenvalue weighted by molar-refractivity contribution is -0.140. The zero-order valence-electron chi connectivity index (χ0n) is 24.5. The molecule has 9 heteroatoms. The molecule has 0 fully saturated rings. The first-order valence-corrected chi connectivity index (χ1v) is 15.4. The number of anilines is 1. The number of sulfonamides is 1. The maximum absolute atomic E-state index is 15.1. The number of carbonyl (C=O) groups excluding carboxylic acids is 2. The van der Waals surface area contributed by atoms with Crippen molar-refractivity contribution in [2.45, 2.75) is 50.2 Å². The molecule has 0 aliphatic heterocycles. The average molecular weight is 602 g/mol. The Morgan fingerprint density at radius 1 is 0.767 bits per heavy atom. The van der Waals surface area contributed by atoms with Gasteiger partial charge in [-0.05, 0) is 56.2 Å². The van der Waals surface area contributed by atoms with Gasteiger partial charge in [-0.1, -0.05) is 91.0 Å². The summed E-state index contributed by atoms with van der Waals surface area (Å²) >= 11 is 0. The van der Waals surface area contributed by atoms with Gasteiger partial charge in [0.15, 0.2) is 0 Å². The van der Waals surface area contributed by atoms with Crippen molar-refractivity contribution in [2.75, 3.05) is 10.8 Å². The maximum Gasteiger partial charge on any atom is 0.264 e. The summed E-state index contributed by atoms with van der Waals surface area (Å²) < 4.78 is 43.7. The lowest BCUT2D eigenvalue weighted by Gasteiger charge is -2.35. The van der Waals surface area contributed by atoms with Crippen molar-refractivity contribution in [1.82, 2.24) is 10.2 Å². The van der Waals surface area contributed by atoms with E-state index in [0.29, 0.717) is 0 Å². The predicted molar refractivity (Wildman–Crippen MR) is 166 cm³/mol. The van der Waals surface area contributed by atoms with E-state index < -0.39 is 39.9 Å². The molecule has 0 aromatic heterocycles. The van der Waals surface area contributed by atoms with Crippen LogP contribution in [0.15, 0.2) is 120 Å². The summed E-state index contributed by atoms with van der Waals surface area (Å²) in [5.41, 5.74) is 0.716. The van der Waals surface area contributed by atoms with Gasteiger partial charge in [-0.2, -0.15) is 0 Å². The fourth-order valence-electron chi connectivity index (χ4n) is 4.67. The van der Waals surface area contributed by atoms with Crippen molar-refractivity contribution in [3.8, 4) is 0 Å². The zero-order chi connectivity index (χ0) is 31.0. The van der Waals surface area contributed by atoms with E-state index in [9.17, 15) is 18.0 Å². The summed E-state index contributed by atoms with van der Waals surface area (Å²) in [5.74, 6) is -1.84. The Bertz CT molecular complexity index is 1630. The van der Waals surface area contributed by atoms with Crippen LogP contribution in [-0.4, -0.2) is 43.3 Å². The fourth-order valence-corrected chi connectivity index (χ4v) is 6.12. The van der Waals surface area contributed by atoms with Gasteiger partial charge in [-0.25, -0.2) is 12.8 Å². The second kappa shape index (κ2) is 13.6. The molecule has 1 N–H and O–H groups in total. The van der Waals surface area contributed by atoms with Crippen LogP contribution < -0.4 is 9.62 Å². The highest BCUT2D eigenvalue weighted by Gasteiger charge is 2.36. The Hall–Kier alpha value is -4.50. The Balaban J connectivity index is 1.81. The van der Waals surface area contributed by atoms with Crippen LogP contribution in [0, 0.1) is 5.82 Å². The number of nitrogens with one attached hydrogen (secondary N) is 1. The molecule has 0 saturated heterocycles. The molecule has 0 aliphatic rings. The van der Waals surface area contributed by atoms with Crippen molar-refractivity contribution >= 4 is 27.5 Å². The monoisotopic (exact) mass is 601 g/mol. The van der Waals surface area contributed by atoms with Crippen molar-refractivity contribution in [1.29, 1.82) is 0 Å². The molecule has 0 unspecified atom stereocenters. The molecule has 2 amide bonds. The molecule has 0 spiro atoms. The Morgan fingerprint density at radius 3 is 1.84 bits per heavy atom. The lowest BCUT2D eigenvalue weighted by Crippen LogP contribution is -2.56. The molecule has 7 nitrogen and oxygen atoms in total. The van der Waals surface area contributed by atoms with Gasteiger partial charge in [0.25, 0.3) is 10.0 Å². The molecule has 43 heavy (non-hydrogen) atoms. The predicted octanol–water partition coefficient (Wildman–Crippen LogP) is 5.58. The van der Waals surface area contributed by atoms with E-state index in [1.165, 1.54) is 35.2 Å². The summed E-state index contributed by atoms with van der Waals surface area (Å²) in [7, 11) is -4.37. The highest BCUT2D eigenvalue weighted by molar-refractivity contribution is 7.92. The van der Waals surface area contributed by atoms with Crippen LogP contribution in [0.2, 0.25) is 0 Å². The first kappa shape index (κ1) is 31.4. The number of benzene rings is 4. The first-order valence-electron chi connectivity index (χ1n) is 14.0. The Kier molecular flexibility index (Phi) is 9.98. The minimum atomic E-state index is -4.37. The molecule has 0 saturated carbocycles. The average Bonchev–Trinajstić information content (AvgIpc) is 2.98. The van der Waals surface area contributed by atoms with Crippen LogP contribution in [-0.2, 0) is 32.6 Å². The highest BCUT2D eigenvalue weighted by atomic mass is 32.2. The van der Waals surface area contributed by atoms with Gasteiger partial charge in [0, 0.05) is 18.5 Å². The van der Waals surface area contributed by atoms with Gasteiger partial charge in [-0.3, -0.25) is 13.9 Å². The van der Waals surface area contributed by atoms with E-state index >= 15 is 4.39 Å². The molecule has 4 aromatic carbocycles. The van der Waals surface area contributed by atoms with Crippen LogP contribution in [0.3, 0.4) is 0 Å². The zero-order valence-corrected chi connectivity index (χ0v) is 25.3. The van der Waals surface area contributed by atoms with Crippen molar-refractivity contribution in [2.24, 2.45) is 0 Å². The minimum Gasteiger partial charge on any atom is -0.350 e. The smallest absolute Gasteiger partial charge is 0.264 e. The Morgan fingerprint density at radius 2 is 1.28 bits per heavy atom. The third-order valence-electron chi connectivity index (χ3n) is 6.70. The van der Waals surface area contributed by atoms with E-state index in [4.69, 9.17) is 0 Å². The summed E-state index contributed by atoms with van der Waals surface area (Å²) in [6, 6.07) is 30.5. The van der Waals surface area contributed by atoms with Gasteiger partial charge in [0.1, 0.15) is 18.4 Å². The number of carbonyl (C=O) groups is 2. The van der Waals surface area contributed by atoms with Gasteiger partial charge in [-0.15, -0.1) is 0 Å². The first-order chi connectivity index (χ1) is 20.5. The molecule has 0 bridgehead atoms. The van der Waals surface area contributed by atoms with Crippen molar-refractivity contribution in [3.63, 3.8) is 0 Å². The molecular formula is C34H36FN3O4S. The lowest BCUT2D eigenvalue weighted by atomic mass is 10.0. The molecule has 4 rings (SSSR count). The number of nitrogens with zero attached hydrogens (tertiary/aromatic N) is 2. The summed E-state index contributed by atoms with van der Waals surface area (Å²) in [5, 5.41) is 2.99. The number of para-hydroxylation sites is 1. The molecule has 0 radical (unpaired) electrons. The second-order valence-corrected chi connectivity index (χ2v) is 13.1. The third-order valence-corrected chi connectivity index (χ3v) is 8.47. The molecule has 0 aliphatic carbocycles. The van der Waals surface area contributed by atoms with Crippen molar-refractivity contribution < 1.29 is 22.4 Å². The number of halogens is 1. The normalized spacial score (nSPS) is 12.3. The van der Waals surface area contributed by atoms with Crippen LogP contribution in [0.25, 0.3) is 0 Å². The van der Waals surface area contributed by atoms with Gasteiger partial charge in [0.05, 0.1) is 10.6 Å². The SMILES string of the molecule is CC(C)(C)NC(=O)[C@@H](Cc1ccccc1)N(Cc1ccccc1)C(=O)CN(c1ccccc1F)S(=O)(=O)c1ccccc1. The molecule has 0 heterocycles. The molecule has 224 valence electrons. The second-order valence-electron chi connectivity index (χ2n) is 11.2. The van der Waals surface area contributed by atoms with Crippen LogP contribution in [0.4, 0.5) is 10.1 Å². The minimum absolute atomic E-state index is 0.0330. The van der Waals surface area contributed by atoms with Gasteiger partial charge < -0.3 is 10.2 Å². The molecular weight excluding hydrogens is 565 g/mol. The van der Waals surface area contributed by atoms with E-state index in [2.05, 4.69) is 5.32 Å². The molecule has 4 aromatic rings. The van der Waals surface area contributed by atoms with Gasteiger partial charge in [0.2, 0.25) is 11.8 Å². The van der Waals surface area contributed by atoms with Crippen molar-refractivity contribution in [3.05, 3.63) is 132 Å². The summed E-state index contributed by atoms with van der Waals surface area (Å²) in [4.78, 5) is 29.5. The maximum atomic E-state index is 15.1. The largest absolute Gasteiger partial charge is 0.350 e. The van der Waals surface area contributed by atoms with Gasteiger partial charge >= 0.3 is 0 Å². The Labute approximate surface area is 253 Å². The topological polar surface area (TPSA) is 86.8 Å². The van der Waals surface area contributed by atoms with E-state index in [1.54, 1.807) is 18.2 Å².